The van der Waals surface area contributed by atoms with Gasteiger partial charge in [-0.3, -0.25) is 4.79 Å². The third-order valence-electron chi connectivity index (χ3n) is 4.94. The van der Waals surface area contributed by atoms with Crippen molar-refractivity contribution in [2.45, 2.75) is 26.2 Å². The maximum absolute atomic E-state index is 12.9. The number of thiocarbonyl (C=S) groups is 1. The maximum Gasteiger partial charge on any atom is 0.225 e. The van der Waals surface area contributed by atoms with E-state index >= 15 is 0 Å². The number of ether oxygens (including phenoxy) is 3. The molecule has 0 spiro atoms. The zero-order valence-electron chi connectivity index (χ0n) is 17.3. The Balaban J connectivity index is 2.40. The SMILES string of the molecule is CCCNC(=O)[C@@H]1CN(C(=S)NCC)C[C@@H]1c1cc(OC)c(OC)c(OC)c1. The first-order valence-electron chi connectivity index (χ1n) is 9.60. The summed E-state index contributed by atoms with van der Waals surface area (Å²) in [6.45, 7) is 6.67. The summed E-state index contributed by atoms with van der Waals surface area (Å²) in [5.41, 5.74) is 0.966. The van der Waals surface area contributed by atoms with Crippen LogP contribution in [0.1, 0.15) is 31.7 Å². The first-order valence-corrected chi connectivity index (χ1v) is 10.0. The minimum absolute atomic E-state index is 0.0397. The summed E-state index contributed by atoms with van der Waals surface area (Å²) in [6.07, 6.45) is 0.896. The molecule has 156 valence electrons. The predicted octanol–water partition coefficient (Wildman–Crippen LogP) is 2.15. The van der Waals surface area contributed by atoms with Gasteiger partial charge < -0.3 is 29.7 Å². The second-order valence-electron chi connectivity index (χ2n) is 6.70. The van der Waals surface area contributed by atoms with Gasteiger partial charge >= 0.3 is 0 Å². The number of nitrogens with zero attached hydrogens (tertiary/aromatic N) is 1. The summed E-state index contributed by atoms with van der Waals surface area (Å²) >= 11 is 5.49. The molecule has 1 aromatic carbocycles. The number of hydrogen-bond acceptors (Lipinski definition) is 5. The average Bonchev–Trinajstić information content (AvgIpc) is 3.16. The van der Waals surface area contributed by atoms with E-state index in [0.717, 1.165) is 18.5 Å². The predicted molar refractivity (Wildman–Crippen MR) is 113 cm³/mol. The molecule has 1 aromatic rings. The van der Waals surface area contributed by atoms with E-state index < -0.39 is 0 Å². The normalized spacial score (nSPS) is 18.5. The molecule has 0 aliphatic carbocycles. The lowest BCUT2D eigenvalue weighted by Crippen LogP contribution is -2.39. The van der Waals surface area contributed by atoms with E-state index in [1.54, 1.807) is 21.3 Å². The molecule has 28 heavy (non-hydrogen) atoms. The van der Waals surface area contributed by atoms with Crippen molar-refractivity contribution in [1.82, 2.24) is 15.5 Å². The number of carbonyl (C=O) groups is 1. The maximum atomic E-state index is 12.9. The molecule has 1 aliphatic heterocycles. The number of hydrogen-bond donors (Lipinski definition) is 2. The van der Waals surface area contributed by atoms with Crippen molar-refractivity contribution in [1.29, 1.82) is 0 Å². The minimum atomic E-state index is -0.217. The highest BCUT2D eigenvalue weighted by molar-refractivity contribution is 7.80. The smallest absolute Gasteiger partial charge is 0.225 e. The van der Waals surface area contributed by atoms with Gasteiger partial charge in [0.05, 0.1) is 27.2 Å². The molecule has 2 N–H and O–H groups in total. The highest BCUT2D eigenvalue weighted by Gasteiger charge is 2.40. The zero-order valence-corrected chi connectivity index (χ0v) is 18.1. The van der Waals surface area contributed by atoms with Crippen LogP contribution in [0.3, 0.4) is 0 Å². The molecule has 2 rings (SSSR count). The van der Waals surface area contributed by atoms with Gasteiger partial charge in [-0.15, -0.1) is 0 Å². The van der Waals surface area contributed by atoms with Crippen molar-refractivity contribution in [3.05, 3.63) is 17.7 Å². The van der Waals surface area contributed by atoms with Crippen LogP contribution < -0.4 is 24.8 Å². The van der Waals surface area contributed by atoms with Gasteiger partial charge in [0.25, 0.3) is 0 Å². The van der Waals surface area contributed by atoms with Crippen molar-refractivity contribution in [2.24, 2.45) is 5.92 Å². The van der Waals surface area contributed by atoms with E-state index in [1.807, 2.05) is 26.0 Å². The molecule has 1 saturated heterocycles. The molecule has 0 bridgehead atoms. The van der Waals surface area contributed by atoms with Gasteiger partial charge in [-0.2, -0.15) is 0 Å². The first-order chi connectivity index (χ1) is 13.5. The third-order valence-corrected chi connectivity index (χ3v) is 5.34. The summed E-state index contributed by atoms with van der Waals surface area (Å²) in [5, 5.41) is 6.88. The number of benzene rings is 1. The van der Waals surface area contributed by atoms with Crippen molar-refractivity contribution >= 4 is 23.2 Å². The fourth-order valence-corrected chi connectivity index (χ4v) is 3.82. The Labute approximate surface area is 172 Å². The Morgan fingerprint density at radius 1 is 1.11 bits per heavy atom. The molecule has 7 nitrogen and oxygen atoms in total. The fraction of sp³-hybridized carbons (Fsp3) is 0.600. The van der Waals surface area contributed by atoms with Crippen molar-refractivity contribution in [3.8, 4) is 17.2 Å². The van der Waals surface area contributed by atoms with E-state index in [-0.39, 0.29) is 17.7 Å². The summed E-state index contributed by atoms with van der Waals surface area (Å²) < 4.78 is 16.4. The summed E-state index contributed by atoms with van der Waals surface area (Å²) in [6, 6.07) is 3.85. The van der Waals surface area contributed by atoms with Crippen LogP contribution in [0.15, 0.2) is 12.1 Å². The van der Waals surface area contributed by atoms with Gasteiger partial charge in [0.2, 0.25) is 11.7 Å². The van der Waals surface area contributed by atoms with E-state index in [4.69, 9.17) is 26.4 Å². The van der Waals surface area contributed by atoms with Gasteiger partial charge in [0.15, 0.2) is 16.6 Å². The molecule has 0 radical (unpaired) electrons. The van der Waals surface area contributed by atoms with Crippen LogP contribution in [0, 0.1) is 5.92 Å². The second kappa shape index (κ2) is 10.4. The third kappa shape index (κ3) is 4.79. The molecule has 1 heterocycles. The Morgan fingerprint density at radius 2 is 1.75 bits per heavy atom. The largest absolute Gasteiger partial charge is 0.493 e. The highest BCUT2D eigenvalue weighted by Crippen LogP contribution is 2.43. The lowest BCUT2D eigenvalue weighted by atomic mass is 9.88. The van der Waals surface area contributed by atoms with Gasteiger partial charge in [0.1, 0.15) is 0 Å². The Kier molecular flexibility index (Phi) is 8.17. The molecule has 1 aliphatic rings. The number of likely N-dealkylation sites (tertiary alicyclic amines) is 1. The van der Waals surface area contributed by atoms with Crippen LogP contribution >= 0.6 is 12.2 Å². The Bertz CT molecular complexity index is 673. The fourth-order valence-electron chi connectivity index (χ4n) is 3.53. The standard InChI is InChI=1S/C20H31N3O4S/c1-6-8-22-19(24)15-12-23(20(28)21-7-2)11-14(15)13-9-16(25-3)18(27-5)17(10-13)26-4/h9-10,14-15H,6-8,11-12H2,1-5H3,(H,21,28)(H,22,24)/t14-,15-/m1/s1. The second-order valence-corrected chi connectivity index (χ2v) is 7.09. The number of nitrogens with one attached hydrogen (secondary N) is 2. The van der Waals surface area contributed by atoms with Crippen LogP contribution in [0.2, 0.25) is 0 Å². The Morgan fingerprint density at radius 3 is 2.25 bits per heavy atom. The lowest BCUT2D eigenvalue weighted by molar-refractivity contribution is -0.124. The highest BCUT2D eigenvalue weighted by atomic mass is 32.1. The summed E-state index contributed by atoms with van der Waals surface area (Å²) in [7, 11) is 4.76. The monoisotopic (exact) mass is 409 g/mol. The Hall–Kier alpha value is -2.22. The zero-order chi connectivity index (χ0) is 20.7. The van der Waals surface area contributed by atoms with Gasteiger partial charge in [-0.25, -0.2) is 0 Å². The minimum Gasteiger partial charge on any atom is -0.493 e. The van der Waals surface area contributed by atoms with Crippen molar-refractivity contribution in [2.75, 3.05) is 47.5 Å². The lowest BCUT2D eigenvalue weighted by Gasteiger charge is -2.21. The van der Waals surface area contributed by atoms with Crippen molar-refractivity contribution in [3.63, 3.8) is 0 Å². The van der Waals surface area contributed by atoms with Crippen LogP contribution in [-0.2, 0) is 4.79 Å². The molecule has 1 fully saturated rings. The number of amides is 1. The number of methoxy groups -OCH3 is 3. The number of rotatable bonds is 8. The van der Waals surface area contributed by atoms with Gasteiger partial charge in [0, 0.05) is 32.1 Å². The van der Waals surface area contributed by atoms with Crippen molar-refractivity contribution < 1.29 is 19.0 Å². The van der Waals surface area contributed by atoms with Gasteiger partial charge in [-0.1, -0.05) is 6.92 Å². The molecule has 2 atom stereocenters. The molecule has 1 amide bonds. The van der Waals surface area contributed by atoms with E-state index in [0.29, 0.717) is 42.0 Å². The first kappa shape index (κ1) is 22.1. The molecular weight excluding hydrogens is 378 g/mol. The topological polar surface area (TPSA) is 72.1 Å². The van der Waals surface area contributed by atoms with Crippen LogP contribution in [-0.4, -0.2) is 63.4 Å². The summed E-state index contributed by atoms with van der Waals surface area (Å²) in [4.78, 5) is 14.9. The van der Waals surface area contributed by atoms with Gasteiger partial charge in [-0.05, 0) is 43.3 Å². The van der Waals surface area contributed by atoms with Crippen LogP contribution in [0.5, 0.6) is 17.2 Å². The quantitative estimate of drug-likeness (QED) is 0.638. The van der Waals surface area contributed by atoms with E-state index in [9.17, 15) is 4.79 Å². The molecule has 0 aromatic heterocycles. The van der Waals surface area contributed by atoms with E-state index in [1.165, 1.54) is 0 Å². The molecule has 8 heteroatoms. The van der Waals surface area contributed by atoms with Crippen LogP contribution in [0.25, 0.3) is 0 Å². The summed E-state index contributed by atoms with van der Waals surface area (Å²) in [5.74, 6) is 1.49. The molecule has 0 saturated carbocycles. The average molecular weight is 410 g/mol. The molecular formula is C20H31N3O4S. The van der Waals surface area contributed by atoms with E-state index in [2.05, 4.69) is 15.5 Å². The van der Waals surface area contributed by atoms with Crippen LogP contribution in [0.4, 0.5) is 0 Å². The molecule has 0 unspecified atom stereocenters. The number of carbonyl (C=O) groups excluding carboxylic acids is 1.